The number of halogens is 1. The molecule has 1 saturated carbocycles. The number of hydrogen-bond donors (Lipinski definition) is 0. The second-order valence-electron chi connectivity index (χ2n) is 5.16. The van der Waals surface area contributed by atoms with Crippen LogP contribution in [-0.4, -0.2) is 5.78 Å². The highest BCUT2D eigenvalue weighted by Gasteiger charge is 2.47. The largest absolute Gasteiger partial charge is 0.300 e. The van der Waals surface area contributed by atoms with Gasteiger partial charge < -0.3 is 0 Å². The van der Waals surface area contributed by atoms with Gasteiger partial charge in [-0.15, -0.1) is 0 Å². The monoisotopic (exact) mass is 230 g/mol. The van der Waals surface area contributed by atoms with E-state index in [1.54, 1.807) is 6.92 Å². The maximum atomic E-state index is 12.9. The lowest BCUT2D eigenvalue weighted by molar-refractivity contribution is -0.121. The van der Waals surface area contributed by atoms with Crippen molar-refractivity contribution >= 4 is 5.78 Å². The third-order valence-electron chi connectivity index (χ3n) is 4.18. The van der Waals surface area contributed by atoms with Crippen molar-refractivity contribution in [1.29, 1.82) is 0 Å². The van der Waals surface area contributed by atoms with Gasteiger partial charge in [-0.1, -0.05) is 24.3 Å². The molecule has 3 rings (SSSR count). The van der Waals surface area contributed by atoms with Crippen LogP contribution in [0, 0.1) is 23.6 Å². The maximum Gasteiger partial charge on any atom is 0.134 e. The number of fused-ring (bicyclic) bond motifs is 2. The molecule has 1 aromatic rings. The summed E-state index contributed by atoms with van der Waals surface area (Å²) in [6.07, 6.45) is 5.47. The normalized spacial score (nSPS) is 34.2. The van der Waals surface area contributed by atoms with Crippen molar-refractivity contribution in [1.82, 2.24) is 0 Å². The van der Waals surface area contributed by atoms with Gasteiger partial charge in [0.05, 0.1) is 0 Å². The van der Waals surface area contributed by atoms with Gasteiger partial charge in [0.15, 0.2) is 0 Å². The molecule has 0 saturated heterocycles. The molecular formula is C15H15FO. The second kappa shape index (κ2) is 3.80. The molecule has 88 valence electrons. The van der Waals surface area contributed by atoms with Crippen LogP contribution in [0.4, 0.5) is 4.39 Å². The molecule has 1 fully saturated rings. The molecule has 0 radical (unpaired) electrons. The molecule has 4 atom stereocenters. The van der Waals surface area contributed by atoms with Crippen molar-refractivity contribution < 1.29 is 9.18 Å². The summed E-state index contributed by atoms with van der Waals surface area (Å²) in [5, 5.41) is 0. The molecule has 2 aliphatic carbocycles. The summed E-state index contributed by atoms with van der Waals surface area (Å²) in [6.45, 7) is 1.68. The lowest BCUT2D eigenvalue weighted by atomic mass is 9.77. The summed E-state index contributed by atoms with van der Waals surface area (Å²) in [4.78, 5) is 11.8. The maximum absolute atomic E-state index is 12.9. The van der Waals surface area contributed by atoms with Crippen molar-refractivity contribution in [2.45, 2.75) is 19.3 Å². The first kappa shape index (κ1) is 10.7. The van der Waals surface area contributed by atoms with Gasteiger partial charge in [0.25, 0.3) is 0 Å². The van der Waals surface area contributed by atoms with E-state index < -0.39 is 0 Å². The van der Waals surface area contributed by atoms with Crippen LogP contribution in [0.2, 0.25) is 0 Å². The summed E-state index contributed by atoms with van der Waals surface area (Å²) in [7, 11) is 0. The van der Waals surface area contributed by atoms with E-state index in [9.17, 15) is 9.18 Å². The summed E-state index contributed by atoms with van der Waals surface area (Å²) in [5.41, 5.74) is 1.10. The first-order valence-corrected chi connectivity index (χ1v) is 6.11. The predicted molar refractivity (Wildman–Crippen MR) is 64.0 cm³/mol. The minimum Gasteiger partial charge on any atom is -0.300 e. The van der Waals surface area contributed by atoms with E-state index >= 15 is 0 Å². The van der Waals surface area contributed by atoms with E-state index in [-0.39, 0.29) is 23.4 Å². The van der Waals surface area contributed by atoms with Crippen LogP contribution in [0.15, 0.2) is 36.4 Å². The standard InChI is InChI=1S/C15H15FO/c1-9(17)14-11-2-3-12(8-11)15(14)10-4-6-13(16)7-5-10/h2-7,11-12,14-15H,8H2,1H3/t11-,12+,14-,15-/m1/s1. The number of allylic oxidation sites excluding steroid dienone is 2. The second-order valence-corrected chi connectivity index (χ2v) is 5.16. The smallest absolute Gasteiger partial charge is 0.134 e. The molecule has 0 aliphatic heterocycles. The van der Waals surface area contributed by atoms with E-state index in [2.05, 4.69) is 12.2 Å². The van der Waals surface area contributed by atoms with Crippen LogP contribution < -0.4 is 0 Å². The highest BCUT2D eigenvalue weighted by atomic mass is 19.1. The van der Waals surface area contributed by atoms with Gasteiger partial charge in [-0.05, 0) is 42.9 Å². The van der Waals surface area contributed by atoms with Crippen molar-refractivity contribution in [3.05, 3.63) is 47.8 Å². The SMILES string of the molecule is CC(=O)[C@H]1[C@H](c2ccc(F)cc2)[C@H]2C=C[C@@H]1C2. The number of carbonyl (C=O) groups is 1. The van der Waals surface area contributed by atoms with Gasteiger partial charge in [-0.25, -0.2) is 4.39 Å². The molecule has 0 N–H and O–H groups in total. The number of carbonyl (C=O) groups excluding carboxylic acids is 1. The Labute approximate surface area is 100 Å². The van der Waals surface area contributed by atoms with Gasteiger partial charge in [0, 0.05) is 11.8 Å². The Bertz CT molecular complexity index is 474. The Balaban J connectivity index is 1.99. The van der Waals surface area contributed by atoms with E-state index in [0.717, 1.165) is 12.0 Å². The van der Waals surface area contributed by atoms with Gasteiger partial charge in [0.2, 0.25) is 0 Å². The zero-order chi connectivity index (χ0) is 12.0. The first-order valence-electron chi connectivity index (χ1n) is 6.11. The summed E-state index contributed by atoms with van der Waals surface area (Å²) >= 11 is 0. The average Bonchev–Trinajstić information content (AvgIpc) is 2.89. The number of hydrogen-bond acceptors (Lipinski definition) is 1. The molecule has 1 aromatic carbocycles. The van der Waals surface area contributed by atoms with E-state index in [1.165, 1.54) is 12.1 Å². The number of benzene rings is 1. The zero-order valence-electron chi connectivity index (χ0n) is 9.77. The summed E-state index contributed by atoms with van der Waals surface area (Å²) < 4.78 is 12.9. The molecule has 2 bridgehead atoms. The molecule has 0 amide bonds. The van der Waals surface area contributed by atoms with Gasteiger partial charge in [-0.3, -0.25) is 4.79 Å². The predicted octanol–water partition coefficient (Wildman–Crippen LogP) is 3.32. The fraction of sp³-hybridized carbons (Fsp3) is 0.400. The molecule has 2 aliphatic rings. The first-order chi connectivity index (χ1) is 8.16. The number of ketones is 1. The summed E-state index contributed by atoms with van der Waals surface area (Å²) in [5.74, 6) is 1.24. The third-order valence-corrected chi connectivity index (χ3v) is 4.18. The minimum atomic E-state index is -0.216. The lowest BCUT2D eigenvalue weighted by Crippen LogP contribution is -2.24. The molecule has 0 spiro atoms. The van der Waals surface area contributed by atoms with Crippen LogP contribution in [-0.2, 0) is 4.79 Å². The fourth-order valence-corrected chi connectivity index (χ4v) is 3.52. The number of rotatable bonds is 2. The molecule has 1 nitrogen and oxygen atoms in total. The zero-order valence-corrected chi connectivity index (χ0v) is 9.77. The fourth-order valence-electron chi connectivity index (χ4n) is 3.52. The molecule has 0 heterocycles. The topological polar surface area (TPSA) is 17.1 Å². The Morgan fingerprint density at radius 2 is 1.82 bits per heavy atom. The Morgan fingerprint density at radius 3 is 2.47 bits per heavy atom. The molecule has 17 heavy (non-hydrogen) atoms. The quantitative estimate of drug-likeness (QED) is 0.712. The minimum absolute atomic E-state index is 0.0930. The summed E-state index contributed by atoms with van der Waals surface area (Å²) in [6, 6.07) is 6.62. The lowest BCUT2D eigenvalue weighted by Gasteiger charge is -2.26. The van der Waals surface area contributed by atoms with Gasteiger partial charge in [0.1, 0.15) is 11.6 Å². The van der Waals surface area contributed by atoms with Crippen LogP contribution in [0.1, 0.15) is 24.8 Å². The van der Waals surface area contributed by atoms with Crippen LogP contribution in [0.5, 0.6) is 0 Å². The Kier molecular flexibility index (Phi) is 2.39. The Hall–Kier alpha value is -1.44. The van der Waals surface area contributed by atoms with Crippen LogP contribution in [0.25, 0.3) is 0 Å². The highest BCUT2D eigenvalue weighted by Crippen LogP contribution is 2.53. The Morgan fingerprint density at radius 1 is 1.18 bits per heavy atom. The van der Waals surface area contributed by atoms with Gasteiger partial charge >= 0.3 is 0 Å². The highest BCUT2D eigenvalue weighted by molar-refractivity contribution is 5.81. The third kappa shape index (κ3) is 1.63. The average molecular weight is 230 g/mol. The molecule has 0 aromatic heterocycles. The van der Waals surface area contributed by atoms with Crippen LogP contribution >= 0.6 is 0 Å². The molecule has 0 unspecified atom stereocenters. The van der Waals surface area contributed by atoms with Crippen molar-refractivity contribution in [2.24, 2.45) is 17.8 Å². The number of Topliss-reactive ketones (excluding diaryl/α,β-unsaturated/α-hetero) is 1. The molecule has 2 heteroatoms. The van der Waals surface area contributed by atoms with Crippen molar-refractivity contribution in [2.75, 3.05) is 0 Å². The van der Waals surface area contributed by atoms with E-state index in [1.807, 2.05) is 12.1 Å². The van der Waals surface area contributed by atoms with E-state index in [4.69, 9.17) is 0 Å². The van der Waals surface area contributed by atoms with Crippen LogP contribution in [0.3, 0.4) is 0 Å². The van der Waals surface area contributed by atoms with Crippen molar-refractivity contribution in [3.8, 4) is 0 Å². The van der Waals surface area contributed by atoms with Gasteiger partial charge in [-0.2, -0.15) is 0 Å². The molecular weight excluding hydrogens is 215 g/mol. The van der Waals surface area contributed by atoms with Crippen molar-refractivity contribution in [3.63, 3.8) is 0 Å². The van der Waals surface area contributed by atoms with E-state index in [0.29, 0.717) is 11.8 Å².